The lowest BCUT2D eigenvalue weighted by atomic mass is 9.43. The van der Waals surface area contributed by atoms with Gasteiger partial charge >= 0.3 is 0 Å². The van der Waals surface area contributed by atoms with Gasteiger partial charge in [-0.1, -0.05) is 60.1 Å². The maximum Gasteiger partial charge on any atom is 0.159 e. The fraction of sp³-hybridized carbons (Fsp3) is 0.806. The molecule has 2 fully saturated rings. The highest BCUT2D eigenvalue weighted by Crippen LogP contribution is 2.71. The predicted molar refractivity (Wildman–Crippen MR) is 138 cm³/mol. The van der Waals surface area contributed by atoms with Crippen LogP contribution in [0.15, 0.2) is 22.8 Å². The monoisotopic (exact) mass is 468 g/mol. The van der Waals surface area contributed by atoms with Crippen LogP contribution >= 0.6 is 0 Å². The smallest absolute Gasteiger partial charge is 0.159 e. The number of aliphatic hydroxyl groups excluding tert-OH is 1. The van der Waals surface area contributed by atoms with Crippen molar-refractivity contribution in [2.45, 2.75) is 113 Å². The summed E-state index contributed by atoms with van der Waals surface area (Å²) in [4.78, 5) is 25.0. The van der Waals surface area contributed by atoms with Crippen LogP contribution in [-0.4, -0.2) is 23.3 Å². The van der Waals surface area contributed by atoms with Crippen LogP contribution in [0.5, 0.6) is 0 Å². The number of carbonyl (C=O) groups is 2. The first kappa shape index (κ1) is 25.9. The maximum atomic E-state index is 13.9. The Morgan fingerprint density at radius 2 is 1.76 bits per heavy atom. The first-order chi connectivity index (χ1) is 15.7. The average Bonchev–Trinajstić information content (AvgIpc) is 3.04. The maximum absolute atomic E-state index is 13.9. The minimum atomic E-state index is -0.319. The van der Waals surface area contributed by atoms with Gasteiger partial charge in [-0.3, -0.25) is 9.59 Å². The number of hydrogen-bond donors (Lipinski definition) is 1. The summed E-state index contributed by atoms with van der Waals surface area (Å²) in [6.45, 7) is 18.2. The lowest BCUT2D eigenvalue weighted by Gasteiger charge is -2.61. The van der Waals surface area contributed by atoms with Crippen LogP contribution in [-0.2, 0) is 9.59 Å². The number of ketones is 1. The van der Waals surface area contributed by atoms with Crippen LogP contribution in [0.25, 0.3) is 0 Å². The summed E-state index contributed by atoms with van der Waals surface area (Å²) in [6, 6.07) is 0. The standard InChI is InChI=1S/C31H48O3/c1-19(15-20(2)18-32)16-21(3)22-9-14-31(8)27-23(10-13-30(22,31)7)29(6)12-11-26(34)28(4,5)25(29)17-24(27)33/h15,18-19,21-22,25-26,34H,9-14,16-17H2,1-8H3/b20-15+/t19?,21-,22-,25+,26+,29-,30-,31+/m1/s1. The molecular weight excluding hydrogens is 420 g/mol. The zero-order valence-corrected chi connectivity index (χ0v) is 23.0. The lowest BCUT2D eigenvalue weighted by Crippen LogP contribution is -2.57. The summed E-state index contributed by atoms with van der Waals surface area (Å²) in [5, 5.41) is 10.8. The molecule has 0 heterocycles. The SMILES string of the molecule is C/C(C=O)=C\C(C)C[C@@H](C)[C@H]1CC[C@@]2(C)C3=C(CC[C@]12C)[C@@]1(C)CC[C@H](O)C(C)(C)[C@@H]1CC3=O. The molecule has 0 aromatic rings. The van der Waals surface area contributed by atoms with E-state index >= 15 is 0 Å². The lowest BCUT2D eigenvalue weighted by molar-refractivity contribution is -0.134. The second-order valence-corrected chi connectivity index (χ2v) is 13.9. The van der Waals surface area contributed by atoms with Gasteiger partial charge in [-0.25, -0.2) is 0 Å². The van der Waals surface area contributed by atoms with Gasteiger partial charge in [-0.15, -0.1) is 0 Å². The normalized spacial score (nSPS) is 43.6. The molecule has 0 saturated heterocycles. The predicted octanol–water partition coefficient (Wildman–Crippen LogP) is 7.08. The van der Waals surface area contributed by atoms with Crippen molar-refractivity contribution in [3.05, 3.63) is 22.8 Å². The van der Waals surface area contributed by atoms with Crippen molar-refractivity contribution in [2.24, 2.45) is 45.3 Å². The zero-order valence-electron chi connectivity index (χ0n) is 23.0. The van der Waals surface area contributed by atoms with Crippen molar-refractivity contribution in [1.82, 2.24) is 0 Å². The number of aliphatic hydroxyl groups is 1. The minimum absolute atomic E-state index is 0.0334. The molecule has 4 aliphatic rings. The van der Waals surface area contributed by atoms with E-state index in [1.807, 2.05) is 6.92 Å². The van der Waals surface area contributed by atoms with Gasteiger partial charge < -0.3 is 5.11 Å². The van der Waals surface area contributed by atoms with E-state index in [1.165, 1.54) is 17.6 Å². The number of hydrogen-bond acceptors (Lipinski definition) is 3. The fourth-order valence-electron chi connectivity index (χ4n) is 9.61. The van der Waals surface area contributed by atoms with Crippen molar-refractivity contribution >= 4 is 12.1 Å². The van der Waals surface area contributed by atoms with Gasteiger partial charge in [-0.05, 0) is 97.4 Å². The third kappa shape index (κ3) is 3.54. The van der Waals surface area contributed by atoms with Crippen LogP contribution in [0.1, 0.15) is 107 Å². The van der Waals surface area contributed by atoms with Crippen LogP contribution in [0.3, 0.4) is 0 Å². The second-order valence-electron chi connectivity index (χ2n) is 13.9. The Kier molecular flexibility index (Phi) is 6.41. The highest BCUT2D eigenvalue weighted by Gasteiger charge is 2.65. The third-order valence-electron chi connectivity index (χ3n) is 11.8. The quantitative estimate of drug-likeness (QED) is 0.346. The number of rotatable bonds is 5. The largest absolute Gasteiger partial charge is 0.393 e. The Hall–Kier alpha value is -1.22. The molecule has 0 spiro atoms. The molecule has 3 nitrogen and oxygen atoms in total. The molecule has 8 atom stereocenters. The van der Waals surface area contributed by atoms with Gasteiger partial charge in [0.1, 0.15) is 6.29 Å². The Bertz CT molecular complexity index is 925. The molecule has 190 valence electrons. The zero-order chi connectivity index (χ0) is 25.3. The van der Waals surface area contributed by atoms with E-state index in [4.69, 9.17) is 0 Å². The Labute approximate surface area is 207 Å². The van der Waals surface area contributed by atoms with E-state index < -0.39 is 0 Å². The fourth-order valence-corrected chi connectivity index (χ4v) is 9.61. The summed E-state index contributed by atoms with van der Waals surface area (Å²) in [5.74, 6) is 2.15. The molecule has 2 saturated carbocycles. The van der Waals surface area contributed by atoms with Crippen LogP contribution in [0, 0.1) is 45.3 Å². The van der Waals surface area contributed by atoms with E-state index in [1.54, 1.807) is 0 Å². The molecule has 0 aromatic carbocycles. The molecule has 34 heavy (non-hydrogen) atoms. The molecule has 0 bridgehead atoms. The molecule has 4 aliphatic carbocycles. The van der Waals surface area contributed by atoms with Crippen LogP contribution in [0.2, 0.25) is 0 Å². The van der Waals surface area contributed by atoms with Gasteiger partial charge in [0.25, 0.3) is 0 Å². The third-order valence-corrected chi connectivity index (χ3v) is 11.8. The van der Waals surface area contributed by atoms with Gasteiger partial charge in [-0.2, -0.15) is 0 Å². The Morgan fingerprint density at radius 1 is 1.09 bits per heavy atom. The van der Waals surface area contributed by atoms with Gasteiger partial charge in [0.15, 0.2) is 5.78 Å². The van der Waals surface area contributed by atoms with E-state index in [0.717, 1.165) is 50.4 Å². The topological polar surface area (TPSA) is 54.4 Å². The van der Waals surface area contributed by atoms with E-state index in [-0.39, 0.29) is 33.7 Å². The number of carbonyl (C=O) groups excluding carboxylic acids is 2. The molecule has 0 aromatic heterocycles. The van der Waals surface area contributed by atoms with Crippen molar-refractivity contribution in [2.75, 3.05) is 0 Å². The van der Waals surface area contributed by atoms with E-state index in [9.17, 15) is 14.7 Å². The number of aldehydes is 1. The summed E-state index contributed by atoms with van der Waals surface area (Å²) in [7, 11) is 0. The van der Waals surface area contributed by atoms with Crippen molar-refractivity contribution in [3.63, 3.8) is 0 Å². The first-order valence-electron chi connectivity index (χ1n) is 13.8. The highest BCUT2D eigenvalue weighted by atomic mass is 16.3. The van der Waals surface area contributed by atoms with E-state index in [2.05, 4.69) is 54.5 Å². The van der Waals surface area contributed by atoms with Gasteiger partial charge in [0.05, 0.1) is 6.10 Å². The van der Waals surface area contributed by atoms with Crippen molar-refractivity contribution in [1.29, 1.82) is 0 Å². The summed E-state index contributed by atoms with van der Waals surface area (Å²) < 4.78 is 0. The summed E-state index contributed by atoms with van der Waals surface area (Å²) in [6.07, 6.45) is 10.8. The average molecular weight is 469 g/mol. The summed E-state index contributed by atoms with van der Waals surface area (Å²) >= 11 is 0. The molecule has 4 rings (SSSR count). The molecule has 1 N–H and O–H groups in total. The molecule has 0 aliphatic heterocycles. The van der Waals surface area contributed by atoms with E-state index in [0.29, 0.717) is 30.0 Å². The molecule has 3 heteroatoms. The molecular formula is C31H48O3. The Balaban J connectivity index is 1.69. The molecule has 0 radical (unpaired) electrons. The second kappa shape index (κ2) is 8.43. The highest BCUT2D eigenvalue weighted by molar-refractivity contribution is 5.99. The van der Waals surface area contributed by atoms with Gasteiger partial charge in [0.2, 0.25) is 0 Å². The van der Waals surface area contributed by atoms with Gasteiger partial charge in [0, 0.05) is 17.4 Å². The van der Waals surface area contributed by atoms with Crippen molar-refractivity contribution in [3.8, 4) is 0 Å². The first-order valence-corrected chi connectivity index (χ1v) is 13.8. The Morgan fingerprint density at radius 3 is 2.41 bits per heavy atom. The number of Topliss-reactive ketones (excluding diaryl/α,β-unsaturated/α-hetero) is 1. The van der Waals surface area contributed by atoms with Crippen molar-refractivity contribution < 1.29 is 14.7 Å². The summed E-state index contributed by atoms with van der Waals surface area (Å²) in [5.41, 5.74) is 3.38. The molecule has 1 unspecified atom stereocenters. The number of allylic oxidation sites excluding steroid dienone is 4. The molecule has 0 amide bonds. The van der Waals surface area contributed by atoms with Crippen LogP contribution in [0.4, 0.5) is 0 Å². The van der Waals surface area contributed by atoms with Crippen LogP contribution < -0.4 is 0 Å². The minimum Gasteiger partial charge on any atom is -0.393 e. The number of fused-ring (bicyclic) bond motifs is 4.